The van der Waals surface area contributed by atoms with Crippen molar-refractivity contribution in [2.45, 2.75) is 18.2 Å². The quantitative estimate of drug-likeness (QED) is 0.817. The molecule has 0 saturated heterocycles. The number of anilines is 1. The van der Waals surface area contributed by atoms with Crippen LogP contribution in [0.15, 0.2) is 23.1 Å². The van der Waals surface area contributed by atoms with Crippen molar-refractivity contribution in [3.63, 3.8) is 0 Å². The Balaban J connectivity index is 2.43. The first-order valence-electron chi connectivity index (χ1n) is 5.77. The molecule has 0 bridgehead atoms. The van der Waals surface area contributed by atoms with E-state index in [9.17, 15) is 8.42 Å². The summed E-state index contributed by atoms with van der Waals surface area (Å²) in [7, 11) is -0.195. The molecule has 0 aliphatic carbocycles. The molecule has 0 saturated carbocycles. The predicted molar refractivity (Wildman–Crippen MR) is 68.9 cm³/mol. The maximum Gasteiger partial charge on any atom is 0.242 e. The minimum absolute atomic E-state index is 0.388. The summed E-state index contributed by atoms with van der Waals surface area (Å²) in [6.07, 6.45) is 0.931. The number of nitrogens with zero attached hydrogens (tertiary/aromatic N) is 2. The molecule has 0 N–H and O–H groups in total. The molecule has 1 aromatic rings. The second kappa shape index (κ2) is 4.31. The Hall–Kier alpha value is -1.07. The number of rotatable bonds is 3. The van der Waals surface area contributed by atoms with Crippen molar-refractivity contribution in [1.82, 2.24) is 4.31 Å². The fourth-order valence-electron chi connectivity index (χ4n) is 2.15. The molecule has 1 aliphatic rings. The molecule has 2 rings (SSSR count). The van der Waals surface area contributed by atoms with Crippen molar-refractivity contribution < 1.29 is 8.42 Å². The lowest BCUT2D eigenvalue weighted by Gasteiger charge is -2.17. The molecule has 94 valence electrons. The van der Waals surface area contributed by atoms with Gasteiger partial charge in [0, 0.05) is 32.9 Å². The van der Waals surface area contributed by atoms with Gasteiger partial charge in [-0.05, 0) is 37.1 Å². The lowest BCUT2D eigenvalue weighted by molar-refractivity contribution is 0.520. The highest BCUT2D eigenvalue weighted by Gasteiger charge is 2.22. The number of hydrogen-bond acceptors (Lipinski definition) is 3. The van der Waals surface area contributed by atoms with Crippen molar-refractivity contribution in [2.24, 2.45) is 0 Å². The molecular formula is C12H18N2O2S. The molecule has 0 spiro atoms. The second-order valence-corrected chi connectivity index (χ2v) is 6.56. The lowest BCUT2D eigenvalue weighted by atomic mass is 10.2. The monoisotopic (exact) mass is 254 g/mol. The van der Waals surface area contributed by atoms with Crippen LogP contribution in [0.1, 0.15) is 12.5 Å². The van der Waals surface area contributed by atoms with Crippen LogP contribution in [0, 0.1) is 0 Å². The van der Waals surface area contributed by atoms with E-state index in [1.54, 1.807) is 26.2 Å². The second-order valence-electron chi connectivity index (χ2n) is 4.41. The van der Waals surface area contributed by atoms with E-state index in [4.69, 9.17) is 0 Å². The summed E-state index contributed by atoms with van der Waals surface area (Å²) >= 11 is 0. The van der Waals surface area contributed by atoms with Crippen molar-refractivity contribution in [3.8, 4) is 0 Å². The molecule has 0 fully saturated rings. The summed E-state index contributed by atoms with van der Waals surface area (Å²) in [4.78, 5) is 2.65. The molecule has 0 aromatic heterocycles. The molecule has 1 heterocycles. The first kappa shape index (κ1) is 12.4. The van der Waals surface area contributed by atoms with Gasteiger partial charge >= 0.3 is 0 Å². The van der Waals surface area contributed by atoms with Crippen LogP contribution in [0.5, 0.6) is 0 Å². The SMILES string of the molecule is CCN1CCc2cc(S(=O)(=O)N(C)C)ccc21. The van der Waals surface area contributed by atoms with Gasteiger partial charge in [0.15, 0.2) is 0 Å². The first-order valence-corrected chi connectivity index (χ1v) is 7.21. The van der Waals surface area contributed by atoms with E-state index in [-0.39, 0.29) is 0 Å². The van der Waals surface area contributed by atoms with E-state index in [0.717, 1.165) is 25.1 Å². The van der Waals surface area contributed by atoms with Gasteiger partial charge in [-0.1, -0.05) is 0 Å². The first-order chi connectivity index (χ1) is 7.96. The van der Waals surface area contributed by atoms with Gasteiger partial charge in [-0.15, -0.1) is 0 Å². The number of likely N-dealkylation sites (N-methyl/N-ethyl adjacent to an activating group) is 1. The van der Waals surface area contributed by atoms with E-state index in [1.165, 1.54) is 9.99 Å². The fraction of sp³-hybridized carbons (Fsp3) is 0.500. The molecule has 0 unspecified atom stereocenters. The molecule has 4 nitrogen and oxygen atoms in total. The average molecular weight is 254 g/mol. The fourth-order valence-corrected chi connectivity index (χ4v) is 3.10. The minimum atomic E-state index is -3.31. The molecule has 1 aromatic carbocycles. The zero-order valence-corrected chi connectivity index (χ0v) is 11.3. The largest absolute Gasteiger partial charge is 0.371 e. The van der Waals surface area contributed by atoms with Crippen LogP contribution in [0.25, 0.3) is 0 Å². The lowest BCUT2D eigenvalue weighted by Crippen LogP contribution is -2.22. The zero-order valence-electron chi connectivity index (χ0n) is 10.5. The number of sulfonamides is 1. The van der Waals surface area contributed by atoms with E-state index in [2.05, 4.69) is 11.8 Å². The third-order valence-corrected chi connectivity index (χ3v) is 5.01. The molecule has 0 amide bonds. The summed E-state index contributed by atoms with van der Waals surface area (Å²) < 4.78 is 25.2. The number of hydrogen-bond donors (Lipinski definition) is 0. The third-order valence-electron chi connectivity index (χ3n) is 3.20. The Bertz CT molecular complexity index is 523. The molecule has 1 aliphatic heterocycles. The van der Waals surface area contributed by atoms with Crippen molar-refractivity contribution in [3.05, 3.63) is 23.8 Å². The molecule has 0 atom stereocenters. The average Bonchev–Trinajstić information content (AvgIpc) is 2.70. The van der Waals surface area contributed by atoms with E-state index in [0.29, 0.717) is 4.90 Å². The highest BCUT2D eigenvalue weighted by atomic mass is 32.2. The van der Waals surface area contributed by atoms with Crippen LogP contribution < -0.4 is 4.90 Å². The van der Waals surface area contributed by atoms with Crippen molar-refractivity contribution >= 4 is 15.7 Å². The van der Waals surface area contributed by atoms with Crippen LogP contribution in [0.2, 0.25) is 0 Å². The van der Waals surface area contributed by atoms with E-state index >= 15 is 0 Å². The van der Waals surface area contributed by atoms with Gasteiger partial charge in [-0.3, -0.25) is 0 Å². The Morgan fingerprint density at radius 3 is 2.65 bits per heavy atom. The van der Waals surface area contributed by atoms with Gasteiger partial charge in [0.1, 0.15) is 0 Å². The highest BCUT2D eigenvalue weighted by molar-refractivity contribution is 7.89. The van der Waals surface area contributed by atoms with E-state index < -0.39 is 10.0 Å². The molecular weight excluding hydrogens is 236 g/mol. The third kappa shape index (κ3) is 2.05. The molecule has 17 heavy (non-hydrogen) atoms. The van der Waals surface area contributed by atoms with Crippen LogP contribution >= 0.6 is 0 Å². The molecule has 0 radical (unpaired) electrons. The number of benzene rings is 1. The summed E-state index contributed by atoms with van der Waals surface area (Å²) in [5.74, 6) is 0. The summed E-state index contributed by atoms with van der Waals surface area (Å²) in [5.41, 5.74) is 2.31. The smallest absolute Gasteiger partial charge is 0.242 e. The van der Waals surface area contributed by atoms with Gasteiger partial charge in [0.2, 0.25) is 10.0 Å². The maximum atomic E-state index is 12.0. The Morgan fingerprint density at radius 2 is 2.06 bits per heavy atom. The van der Waals surface area contributed by atoms with Crippen LogP contribution in [0.4, 0.5) is 5.69 Å². The van der Waals surface area contributed by atoms with Crippen LogP contribution in [-0.4, -0.2) is 39.9 Å². The van der Waals surface area contributed by atoms with Gasteiger partial charge in [-0.2, -0.15) is 0 Å². The van der Waals surface area contributed by atoms with Crippen LogP contribution in [-0.2, 0) is 16.4 Å². The number of fused-ring (bicyclic) bond motifs is 1. The minimum Gasteiger partial charge on any atom is -0.371 e. The Kier molecular flexibility index (Phi) is 3.14. The van der Waals surface area contributed by atoms with E-state index in [1.807, 2.05) is 6.07 Å². The highest BCUT2D eigenvalue weighted by Crippen LogP contribution is 2.30. The maximum absolute atomic E-state index is 12.0. The van der Waals surface area contributed by atoms with Crippen LogP contribution in [0.3, 0.4) is 0 Å². The van der Waals surface area contributed by atoms with Crippen molar-refractivity contribution in [2.75, 3.05) is 32.1 Å². The standard InChI is InChI=1S/C12H18N2O2S/c1-4-14-8-7-10-9-11(5-6-12(10)14)17(15,16)13(2)3/h5-6,9H,4,7-8H2,1-3H3. The van der Waals surface area contributed by atoms with Crippen molar-refractivity contribution in [1.29, 1.82) is 0 Å². The molecule has 5 heteroatoms. The summed E-state index contributed by atoms with van der Waals surface area (Å²) in [6, 6.07) is 5.42. The van der Waals surface area contributed by atoms with Gasteiger partial charge < -0.3 is 4.90 Å². The Morgan fingerprint density at radius 1 is 1.35 bits per heavy atom. The van der Waals surface area contributed by atoms with Gasteiger partial charge in [0.05, 0.1) is 4.90 Å². The normalized spacial score (nSPS) is 15.4. The van der Waals surface area contributed by atoms with Gasteiger partial charge in [-0.25, -0.2) is 12.7 Å². The van der Waals surface area contributed by atoms with Gasteiger partial charge in [0.25, 0.3) is 0 Å². The topological polar surface area (TPSA) is 40.6 Å². The summed E-state index contributed by atoms with van der Waals surface area (Å²) in [5, 5.41) is 0. The summed E-state index contributed by atoms with van der Waals surface area (Å²) in [6.45, 7) is 4.06. The zero-order chi connectivity index (χ0) is 12.6. The predicted octanol–water partition coefficient (Wildman–Crippen LogP) is 1.32. The Labute approximate surface area is 103 Å².